The van der Waals surface area contributed by atoms with Crippen LogP contribution in [0.2, 0.25) is 10.0 Å². The van der Waals surface area contributed by atoms with E-state index in [1.807, 2.05) is 6.07 Å². The molecule has 1 aromatic carbocycles. The Morgan fingerprint density at radius 2 is 1.91 bits per heavy atom. The van der Waals surface area contributed by atoms with Gasteiger partial charge in [-0.05, 0) is 68.7 Å². The van der Waals surface area contributed by atoms with Crippen molar-refractivity contribution in [2.75, 3.05) is 20.3 Å². The van der Waals surface area contributed by atoms with Gasteiger partial charge in [0.25, 0.3) is 0 Å². The molecule has 4 rings (SSSR count). The summed E-state index contributed by atoms with van der Waals surface area (Å²) in [6.07, 6.45) is 6.54. The maximum absolute atomic E-state index is 6.28. The standard InChI is InChI=1S/C19H25Cl2NO/c1-22-14-5-7-19(22)16(11-23-10-12-2-3-12)15(9-14)13-4-6-17(20)18(21)8-13/h4,6,8,12,14-16,19H,2-3,5,7,9-11H2,1H3/t14-,15+,16+,19+/m0/s1. The molecule has 126 valence electrons. The Kier molecular flexibility index (Phi) is 4.62. The van der Waals surface area contributed by atoms with Crippen molar-refractivity contribution in [2.45, 2.75) is 50.1 Å². The van der Waals surface area contributed by atoms with Crippen molar-refractivity contribution in [3.8, 4) is 0 Å². The summed E-state index contributed by atoms with van der Waals surface area (Å²) in [6, 6.07) is 7.54. The molecule has 0 amide bonds. The summed E-state index contributed by atoms with van der Waals surface area (Å²) in [5.41, 5.74) is 1.34. The van der Waals surface area contributed by atoms with Crippen LogP contribution >= 0.6 is 23.2 Å². The van der Waals surface area contributed by atoms with Crippen molar-refractivity contribution in [3.05, 3.63) is 33.8 Å². The van der Waals surface area contributed by atoms with Crippen LogP contribution in [0.5, 0.6) is 0 Å². The molecule has 4 atom stereocenters. The Morgan fingerprint density at radius 3 is 2.65 bits per heavy atom. The molecular formula is C19H25Cl2NO. The van der Waals surface area contributed by atoms with Crippen LogP contribution < -0.4 is 0 Å². The van der Waals surface area contributed by atoms with Crippen LogP contribution in [0.3, 0.4) is 0 Å². The summed E-state index contributed by atoms with van der Waals surface area (Å²) in [7, 11) is 2.29. The fraction of sp³-hybridized carbons (Fsp3) is 0.684. The van der Waals surface area contributed by atoms with E-state index in [1.165, 1.54) is 37.7 Å². The van der Waals surface area contributed by atoms with Gasteiger partial charge < -0.3 is 9.64 Å². The normalized spacial score (nSPS) is 34.0. The number of fused-ring (bicyclic) bond motifs is 2. The molecule has 1 saturated carbocycles. The molecule has 2 saturated heterocycles. The SMILES string of the molecule is CN1[C@H]2CC[C@@H]1[C@H](COCC1CC1)[C@@H](c1ccc(Cl)c(Cl)c1)C2. The fourth-order valence-electron chi connectivity index (χ4n) is 4.59. The first-order chi connectivity index (χ1) is 11.1. The second-order valence-corrected chi connectivity index (χ2v) is 8.44. The van der Waals surface area contributed by atoms with Gasteiger partial charge in [-0.3, -0.25) is 0 Å². The smallest absolute Gasteiger partial charge is 0.0595 e. The highest BCUT2D eigenvalue weighted by Gasteiger charge is 2.46. The molecule has 4 heteroatoms. The quantitative estimate of drug-likeness (QED) is 0.739. The highest BCUT2D eigenvalue weighted by Crippen LogP contribution is 2.47. The molecule has 1 aromatic rings. The van der Waals surface area contributed by atoms with E-state index >= 15 is 0 Å². The molecule has 2 aliphatic heterocycles. The lowest BCUT2D eigenvalue weighted by atomic mass is 9.76. The summed E-state index contributed by atoms with van der Waals surface area (Å²) in [6.45, 7) is 1.83. The van der Waals surface area contributed by atoms with E-state index in [9.17, 15) is 0 Å². The van der Waals surface area contributed by atoms with Crippen LogP contribution in [0.15, 0.2) is 18.2 Å². The molecule has 3 fully saturated rings. The molecule has 2 heterocycles. The fourth-order valence-corrected chi connectivity index (χ4v) is 4.89. The molecule has 3 aliphatic rings. The predicted octanol–water partition coefficient (Wildman–Crippen LogP) is 4.99. The van der Waals surface area contributed by atoms with E-state index in [0.29, 0.717) is 34.0 Å². The number of rotatable bonds is 5. The van der Waals surface area contributed by atoms with E-state index in [-0.39, 0.29) is 0 Å². The van der Waals surface area contributed by atoms with Crippen molar-refractivity contribution in [1.82, 2.24) is 4.90 Å². The molecule has 0 radical (unpaired) electrons. The summed E-state index contributed by atoms with van der Waals surface area (Å²) >= 11 is 12.4. The van der Waals surface area contributed by atoms with Gasteiger partial charge in [0.2, 0.25) is 0 Å². The van der Waals surface area contributed by atoms with Gasteiger partial charge in [-0.25, -0.2) is 0 Å². The summed E-state index contributed by atoms with van der Waals surface area (Å²) in [5, 5.41) is 1.32. The van der Waals surface area contributed by atoms with E-state index in [2.05, 4.69) is 24.1 Å². The van der Waals surface area contributed by atoms with Crippen LogP contribution in [0.4, 0.5) is 0 Å². The van der Waals surface area contributed by atoms with Gasteiger partial charge in [-0.2, -0.15) is 0 Å². The van der Waals surface area contributed by atoms with Gasteiger partial charge in [0.1, 0.15) is 0 Å². The second kappa shape index (κ2) is 6.55. The molecule has 0 spiro atoms. The number of piperidine rings is 1. The topological polar surface area (TPSA) is 12.5 Å². The van der Waals surface area contributed by atoms with Crippen molar-refractivity contribution in [1.29, 1.82) is 0 Å². The van der Waals surface area contributed by atoms with Gasteiger partial charge in [0, 0.05) is 24.6 Å². The highest BCUT2D eigenvalue weighted by molar-refractivity contribution is 6.42. The lowest BCUT2D eigenvalue weighted by Crippen LogP contribution is -2.47. The lowest BCUT2D eigenvalue weighted by Gasteiger charge is -2.43. The summed E-state index contributed by atoms with van der Waals surface area (Å²) < 4.78 is 6.12. The number of benzene rings is 1. The lowest BCUT2D eigenvalue weighted by molar-refractivity contribution is 0.0176. The molecule has 0 aromatic heterocycles. The van der Waals surface area contributed by atoms with Crippen LogP contribution in [0.25, 0.3) is 0 Å². The Morgan fingerprint density at radius 1 is 1.09 bits per heavy atom. The second-order valence-electron chi connectivity index (χ2n) is 7.62. The zero-order valence-electron chi connectivity index (χ0n) is 13.7. The minimum absolute atomic E-state index is 0.540. The van der Waals surface area contributed by atoms with Gasteiger partial charge in [0.05, 0.1) is 16.7 Å². The number of nitrogens with zero attached hydrogens (tertiary/aromatic N) is 1. The molecular weight excluding hydrogens is 329 g/mol. The average Bonchev–Trinajstić information content (AvgIpc) is 3.31. The zero-order valence-corrected chi connectivity index (χ0v) is 15.2. The number of hydrogen-bond acceptors (Lipinski definition) is 2. The average molecular weight is 354 g/mol. The minimum Gasteiger partial charge on any atom is -0.381 e. The van der Waals surface area contributed by atoms with Gasteiger partial charge in [-0.1, -0.05) is 29.3 Å². The molecule has 23 heavy (non-hydrogen) atoms. The molecule has 2 nitrogen and oxygen atoms in total. The van der Waals surface area contributed by atoms with Crippen LogP contribution in [-0.4, -0.2) is 37.2 Å². The maximum atomic E-state index is 6.28. The monoisotopic (exact) mass is 353 g/mol. The van der Waals surface area contributed by atoms with Gasteiger partial charge in [-0.15, -0.1) is 0 Å². The molecule has 0 N–H and O–H groups in total. The van der Waals surface area contributed by atoms with Crippen molar-refractivity contribution in [2.24, 2.45) is 11.8 Å². The third kappa shape index (κ3) is 3.28. The third-order valence-corrected chi connectivity index (χ3v) is 6.90. The number of halogens is 2. The zero-order chi connectivity index (χ0) is 16.0. The summed E-state index contributed by atoms with van der Waals surface area (Å²) in [5.74, 6) is 1.93. The van der Waals surface area contributed by atoms with Crippen molar-refractivity contribution in [3.63, 3.8) is 0 Å². The van der Waals surface area contributed by atoms with Crippen LogP contribution in [0, 0.1) is 11.8 Å². The first kappa shape index (κ1) is 16.2. The Hall–Kier alpha value is -0.280. The van der Waals surface area contributed by atoms with E-state index in [0.717, 1.165) is 19.1 Å². The first-order valence-electron chi connectivity index (χ1n) is 8.88. The van der Waals surface area contributed by atoms with Crippen LogP contribution in [-0.2, 0) is 4.74 Å². The van der Waals surface area contributed by atoms with Crippen molar-refractivity contribution >= 4 is 23.2 Å². The Balaban J connectivity index is 1.55. The molecule has 1 aliphatic carbocycles. The van der Waals surface area contributed by atoms with E-state index in [4.69, 9.17) is 27.9 Å². The van der Waals surface area contributed by atoms with Gasteiger partial charge >= 0.3 is 0 Å². The molecule has 0 unspecified atom stereocenters. The Bertz CT molecular complexity index is 574. The van der Waals surface area contributed by atoms with E-state index in [1.54, 1.807) is 0 Å². The van der Waals surface area contributed by atoms with Crippen molar-refractivity contribution < 1.29 is 4.74 Å². The number of hydrogen-bond donors (Lipinski definition) is 0. The highest BCUT2D eigenvalue weighted by atomic mass is 35.5. The first-order valence-corrected chi connectivity index (χ1v) is 9.63. The van der Waals surface area contributed by atoms with E-state index < -0.39 is 0 Å². The summed E-state index contributed by atoms with van der Waals surface area (Å²) in [4.78, 5) is 2.60. The van der Waals surface area contributed by atoms with Gasteiger partial charge in [0.15, 0.2) is 0 Å². The Labute approximate surface area is 149 Å². The maximum Gasteiger partial charge on any atom is 0.0595 e. The largest absolute Gasteiger partial charge is 0.381 e. The molecule has 2 bridgehead atoms. The van der Waals surface area contributed by atoms with Crippen LogP contribution in [0.1, 0.15) is 43.6 Å². The predicted molar refractivity (Wildman–Crippen MR) is 95.4 cm³/mol. The number of ether oxygens (including phenoxy) is 1. The third-order valence-electron chi connectivity index (χ3n) is 6.16. The minimum atomic E-state index is 0.540.